The molecule has 1 aliphatic heterocycles. The number of nitrogens with zero attached hydrogens (tertiary/aromatic N) is 7. The minimum atomic E-state index is -0.834. The summed E-state index contributed by atoms with van der Waals surface area (Å²) in [4.78, 5) is 33.9. The largest absolute Gasteiger partial charge is 0.336 e. The zero-order valence-corrected chi connectivity index (χ0v) is 24.2. The van der Waals surface area contributed by atoms with Crippen molar-refractivity contribution in [1.29, 1.82) is 0 Å². The van der Waals surface area contributed by atoms with Gasteiger partial charge in [0, 0.05) is 73.3 Å². The lowest BCUT2D eigenvalue weighted by molar-refractivity contribution is 0.0644. The number of nitrogens with one attached hydrogen (secondary N) is 1. The monoisotopic (exact) mass is 582 g/mol. The van der Waals surface area contributed by atoms with Gasteiger partial charge in [-0.15, -0.1) is 0 Å². The van der Waals surface area contributed by atoms with Crippen molar-refractivity contribution < 1.29 is 17.8 Å². The Morgan fingerprint density at radius 3 is 2.46 bits per heavy atom. The van der Waals surface area contributed by atoms with Crippen LogP contribution in [0.2, 0.25) is 0 Å². The van der Waals surface area contributed by atoms with Crippen LogP contribution in [0, 0.1) is 18.6 Å². The second kappa shape index (κ2) is 12.0. The van der Waals surface area contributed by atoms with E-state index in [4.69, 9.17) is 0 Å². The Hall–Kier alpha value is -3.84. The van der Waals surface area contributed by atoms with Crippen LogP contribution in [-0.4, -0.2) is 89.2 Å². The fourth-order valence-electron chi connectivity index (χ4n) is 5.01. The molecular formula is C28H32F2N8O2S. The second-order valence-electron chi connectivity index (χ2n) is 10.3. The van der Waals surface area contributed by atoms with E-state index < -0.39 is 22.4 Å². The van der Waals surface area contributed by atoms with Gasteiger partial charge >= 0.3 is 0 Å². The predicted octanol–water partition coefficient (Wildman–Crippen LogP) is 3.94. The van der Waals surface area contributed by atoms with Gasteiger partial charge < -0.3 is 14.8 Å². The van der Waals surface area contributed by atoms with Crippen molar-refractivity contribution in [3.05, 3.63) is 59.7 Å². The SMILES string of the molecule is Cc1nc2c(F)cc(-c3nc(Nc4ccc(C(=O)N5CCN(CCS(C)=O)CC5)cn4)ncc3F)cc2n1C(C)C. The van der Waals surface area contributed by atoms with Gasteiger partial charge in [-0.2, -0.15) is 0 Å². The van der Waals surface area contributed by atoms with Gasteiger partial charge in [0.2, 0.25) is 5.95 Å². The molecule has 1 atom stereocenters. The van der Waals surface area contributed by atoms with Gasteiger partial charge in [-0.1, -0.05) is 0 Å². The van der Waals surface area contributed by atoms with Crippen molar-refractivity contribution in [2.45, 2.75) is 26.8 Å². The van der Waals surface area contributed by atoms with Gasteiger partial charge in [-0.25, -0.2) is 28.7 Å². The summed E-state index contributed by atoms with van der Waals surface area (Å²) in [6, 6.07) is 6.22. The smallest absolute Gasteiger partial charge is 0.255 e. The first-order valence-electron chi connectivity index (χ1n) is 13.4. The number of hydrogen-bond acceptors (Lipinski definition) is 8. The number of carbonyl (C=O) groups is 1. The molecule has 1 fully saturated rings. The Morgan fingerprint density at radius 1 is 1.05 bits per heavy atom. The molecule has 1 aromatic carbocycles. The lowest BCUT2D eigenvalue weighted by Crippen LogP contribution is -2.49. The number of rotatable bonds is 8. The van der Waals surface area contributed by atoms with E-state index in [-0.39, 0.29) is 34.7 Å². The molecule has 4 heterocycles. The van der Waals surface area contributed by atoms with Crippen molar-refractivity contribution >= 4 is 39.5 Å². The summed E-state index contributed by atoms with van der Waals surface area (Å²) in [5.41, 5.74) is 1.42. The molecule has 216 valence electrons. The summed E-state index contributed by atoms with van der Waals surface area (Å²) in [5.74, 6) is 0.361. The molecule has 0 aliphatic carbocycles. The van der Waals surface area contributed by atoms with Gasteiger partial charge in [0.15, 0.2) is 11.6 Å². The van der Waals surface area contributed by atoms with Gasteiger partial charge in [-0.05, 0) is 45.0 Å². The second-order valence-corrected chi connectivity index (χ2v) is 11.9. The molecule has 13 heteroatoms. The Labute approximate surface area is 239 Å². The maximum atomic E-state index is 15.0. The molecular weight excluding hydrogens is 550 g/mol. The molecule has 41 heavy (non-hydrogen) atoms. The highest BCUT2D eigenvalue weighted by Gasteiger charge is 2.23. The van der Waals surface area contributed by atoms with E-state index in [1.165, 1.54) is 12.3 Å². The van der Waals surface area contributed by atoms with Gasteiger partial charge in [0.1, 0.15) is 22.9 Å². The lowest BCUT2D eigenvalue weighted by Gasteiger charge is -2.34. The minimum absolute atomic E-state index is 0.0338. The van der Waals surface area contributed by atoms with Crippen molar-refractivity contribution in [1.82, 2.24) is 34.3 Å². The quantitative estimate of drug-likeness (QED) is 0.333. The first-order chi connectivity index (χ1) is 19.6. The Balaban J connectivity index is 1.30. The van der Waals surface area contributed by atoms with E-state index in [0.29, 0.717) is 41.6 Å². The number of anilines is 2. The summed E-state index contributed by atoms with van der Waals surface area (Å²) in [7, 11) is -0.834. The number of aryl methyl sites for hydroxylation is 1. The average molecular weight is 583 g/mol. The summed E-state index contributed by atoms with van der Waals surface area (Å²) >= 11 is 0. The molecule has 1 unspecified atom stereocenters. The van der Waals surface area contributed by atoms with E-state index in [1.807, 2.05) is 18.4 Å². The predicted molar refractivity (Wildman–Crippen MR) is 155 cm³/mol. The average Bonchev–Trinajstić information content (AvgIpc) is 3.30. The molecule has 1 N–H and O–H groups in total. The number of piperazine rings is 1. The van der Waals surface area contributed by atoms with Crippen molar-refractivity contribution in [3.8, 4) is 11.3 Å². The number of carbonyl (C=O) groups excluding carboxylic acids is 1. The number of imidazole rings is 1. The first-order valence-corrected chi connectivity index (χ1v) is 15.1. The molecule has 1 saturated heterocycles. The molecule has 0 spiro atoms. The third kappa shape index (κ3) is 6.25. The summed E-state index contributed by atoms with van der Waals surface area (Å²) in [5, 5.41) is 2.93. The number of hydrogen-bond donors (Lipinski definition) is 1. The lowest BCUT2D eigenvalue weighted by atomic mass is 10.1. The minimum Gasteiger partial charge on any atom is -0.336 e. The summed E-state index contributed by atoms with van der Waals surface area (Å²) < 4.78 is 43.0. The van der Waals surface area contributed by atoms with Gasteiger partial charge in [0.05, 0.1) is 17.3 Å². The molecule has 10 nitrogen and oxygen atoms in total. The number of aromatic nitrogens is 5. The molecule has 1 amide bonds. The van der Waals surface area contributed by atoms with Gasteiger partial charge in [0.25, 0.3) is 5.91 Å². The molecule has 1 aliphatic rings. The standard InChI is InChI=1S/C28H32F2N8O2S/c1-17(2)38-18(3)33-26-21(29)13-20(14-23(26)38)25-22(30)16-32-28(35-25)34-24-6-5-19(15-31-24)27(39)37-9-7-36(8-10-37)11-12-41(4)40/h5-6,13-17H,7-12H2,1-4H3,(H,31,32,34,35). The van der Waals surface area contributed by atoms with Crippen LogP contribution in [0.4, 0.5) is 20.5 Å². The molecule has 0 saturated carbocycles. The van der Waals surface area contributed by atoms with Crippen LogP contribution in [0.1, 0.15) is 36.1 Å². The Morgan fingerprint density at radius 2 is 1.80 bits per heavy atom. The van der Waals surface area contributed by atoms with E-state index in [9.17, 15) is 17.8 Å². The van der Waals surface area contributed by atoms with Crippen LogP contribution in [0.3, 0.4) is 0 Å². The zero-order valence-electron chi connectivity index (χ0n) is 23.4. The Bertz CT molecular complexity index is 1600. The highest BCUT2D eigenvalue weighted by atomic mass is 32.2. The molecule has 3 aromatic heterocycles. The number of benzene rings is 1. The Kier molecular flexibility index (Phi) is 8.36. The van der Waals surface area contributed by atoms with Crippen LogP contribution < -0.4 is 5.32 Å². The third-order valence-corrected chi connectivity index (χ3v) is 7.82. The van der Waals surface area contributed by atoms with Crippen LogP contribution in [0.25, 0.3) is 22.3 Å². The molecule has 0 bridgehead atoms. The van der Waals surface area contributed by atoms with Crippen LogP contribution in [-0.2, 0) is 10.8 Å². The highest BCUT2D eigenvalue weighted by molar-refractivity contribution is 7.84. The maximum Gasteiger partial charge on any atom is 0.255 e. The maximum absolute atomic E-state index is 15.0. The summed E-state index contributed by atoms with van der Waals surface area (Å²) in [6.45, 7) is 9.14. The number of amides is 1. The first kappa shape index (κ1) is 28.7. The van der Waals surface area contributed by atoms with Crippen molar-refractivity contribution in [3.63, 3.8) is 0 Å². The van der Waals surface area contributed by atoms with E-state index in [1.54, 1.807) is 36.3 Å². The topological polar surface area (TPSA) is 109 Å². The van der Waals surface area contributed by atoms with E-state index >= 15 is 0 Å². The van der Waals surface area contributed by atoms with Crippen molar-refractivity contribution in [2.75, 3.05) is 50.0 Å². The zero-order chi connectivity index (χ0) is 29.3. The van der Waals surface area contributed by atoms with Crippen LogP contribution >= 0.6 is 0 Å². The molecule has 4 aromatic rings. The van der Waals surface area contributed by atoms with Gasteiger partial charge in [-0.3, -0.25) is 13.9 Å². The highest BCUT2D eigenvalue weighted by Crippen LogP contribution is 2.30. The molecule has 5 rings (SSSR count). The summed E-state index contributed by atoms with van der Waals surface area (Å²) in [6.07, 6.45) is 4.19. The number of fused-ring (bicyclic) bond motifs is 1. The van der Waals surface area contributed by atoms with Crippen LogP contribution in [0.5, 0.6) is 0 Å². The van der Waals surface area contributed by atoms with Crippen LogP contribution in [0.15, 0.2) is 36.7 Å². The number of halogens is 2. The fraction of sp³-hybridized carbons (Fsp3) is 0.393. The van der Waals surface area contributed by atoms with E-state index in [0.717, 1.165) is 25.8 Å². The normalized spacial score (nSPS) is 15.0. The fourth-order valence-corrected chi connectivity index (χ4v) is 5.53. The molecule has 0 radical (unpaired) electrons. The van der Waals surface area contributed by atoms with Crippen molar-refractivity contribution in [2.24, 2.45) is 0 Å². The third-order valence-electron chi connectivity index (χ3n) is 7.06. The number of pyridine rings is 1. The van der Waals surface area contributed by atoms with E-state index in [2.05, 4.69) is 30.2 Å².